The highest BCUT2D eigenvalue weighted by Crippen LogP contribution is 2.29. The summed E-state index contributed by atoms with van der Waals surface area (Å²) in [5, 5.41) is 3.14. The van der Waals surface area contributed by atoms with Crippen molar-refractivity contribution in [2.75, 3.05) is 29.9 Å². The van der Waals surface area contributed by atoms with E-state index in [1.807, 2.05) is 23.1 Å². The summed E-state index contributed by atoms with van der Waals surface area (Å²) in [4.78, 5) is 22.0. The number of hydrogen-bond acceptors (Lipinski definition) is 3. The third-order valence-electron chi connectivity index (χ3n) is 5.69. The molecule has 2 amide bonds. The van der Waals surface area contributed by atoms with Gasteiger partial charge in [-0.15, -0.1) is 0 Å². The third-order valence-corrected chi connectivity index (χ3v) is 5.69. The molecule has 2 aromatic rings. The summed E-state index contributed by atoms with van der Waals surface area (Å²) in [5.74, 6) is 1.48. The number of benzene rings is 1. The van der Waals surface area contributed by atoms with Crippen LogP contribution in [0.3, 0.4) is 0 Å². The fraction of sp³-hybridized carbons (Fsp3) is 0.524. The van der Waals surface area contributed by atoms with Crippen molar-refractivity contribution < 1.29 is 4.79 Å². The van der Waals surface area contributed by atoms with E-state index in [1.165, 1.54) is 18.5 Å². The van der Waals surface area contributed by atoms with Crippen LogP contribution < -0.4 is 10.2 Å². The van der Waals surface area contributed by atoms with Gasteiger partial charge in [0.1, 0.15) is 5.82 Å². The monoisotopic (exact) mass is 367 g/mol. The van der Waals surface area contributed by atoms with Crippen molar-refractivity contribution in [1.82, 2.24) is 14.5 Å². The molecule has 6 nitrogen and oxygen atoms in total. The minimum Gasteiger partial charge on any atom is -0.370 e. The van der Waals surface area contributed by atoms with E-state index < -0.39 is 0 Å². The molecule has 1 aromatic carbocycles. The van der Waals surface area contributed by atoms with Crippen molar-refractivity contribution in [1.29, 1.82) is 0 Å². The molecule has 0 unspecified atom stereocenters. The lowest BCUT2D eigenvalue weighted by Crippen LogP contribution is -2.39. The molecule has 3 heterocycles. The van der Waals surface area contributed by atoms with Gasteiger partial charge in [-0.3, -0.25) is 0 Å². The van der Waals surface area contributed by atoms with Gasteiger partial charge >= 0.3 is 6.03 Å². The zero-order valence-electron chi connectivity index (χ0n) is 16.5. The molecule has 1 aromatic heterocycles. The van der Waals surface area contributed by atoms with Gasteiger partial charge < -0.3 is 19.7 Å². The number of hydrogen-bond donors (Lipinski definition) is 1. The lowest BCUT2D eigenvalue weighted by atomic mass is 10.1. The number of para-hydroxylation sites is 2. The highest BCUT2D eigenvalue weighted by atomic mass is 16.2. The van der Waals surface area contributed by atoms with Crippen LogP contribution in [0.2, 0.25) is 0 Å². The number of nitrogens with zero attached hydrogens (tertiary/aromatic N) is 4. The zero-order valence-corrected chi connectivity index (χ0v) is 16.5. The van der Waals surface area contributed by atoms with Crippen LogP contribution in [0.5, 0.6) is 0 Å². The summed E-state index contributed by atoms with van der Waals surface area (Å²) in [7, 11) is 2.09. The topological polar surface area (TPSA) is 53.4 Å². The summed E-state index contributed by atoms with van der Waals surface area (Å²) in [6.45, 7) is 7.74. The van der Waals surface area contributed by atoms with Crippen LogP contribution in [0.15, 0.2) is 24.3 Å². The Kier molecular flexibility index (Phi) is 4.81. The summed E-state index contributed by atoms with van der Waals surface area (Å²) in [5.41, 5.74) is 4.33. The van der Waals surface area contributed by atoms with Gasteiger partial charge in [-0.05, 0) is 25.0 Å². The summed E-state index contributed by atoms with van der Waals surface area (Å²) in [6.07, 6.45) is 3.29. The average Bonchev–Trinajstić information content (AvgIpc) is 3.30. The molecule has 27 heavy (non-hydrogen) atoms. The molecule has 4 rings (SSSR count). The lowest BCUT2D eigenvalue weighted by molar-refractivity contribution is 0.205. The van der Waals surface area contributed by atoms with Crippen molar-refractivity contribution in [3.8, 4) is 0 Å². The molecule has 6 heteroatoms. The highest BCUT2D eigenvalue weighted by Gasteiger charge is 2.27. The number of aromatic nitrogens is 2. The Morgan fingerprint density at radius 1 is 1.15 bits per heavy atom. The number of anilines is 2. The SMILES string of the molecule is CC(C)c1nc2c(n1C)CCN(C(=O)Nc1ccccc1N1CCCC1)C2. The van der Waals surface area contributed by atoms with Gasteiger partial charge in [-0.25, -0.2) is 9.78 Å². The van der Waals surface area contributed by atoms with Gasteiger partial charge in [0.25, 0.3) is 0 Å². The first-order chi connectivity index (χ1) is 13.0. The first-order valence-electron chi connectivity index (χ1n) is 9.99. The van der Waals surface area contributed by atoms with E-state index in [9.17, 15) is 4.79 Å². The molecule has 0 spiro atoms. The van der Waals surface area contributed by atoms with Crippen LogP contribution in [0, 0.1) is 0 Å². The Labute approximate surface area is 161 Å². The second-order valence-electron chi connectivity index (χ2n) is 7.89. The highest BCUT2D eigenvalue weighted by molar-refractivity contribution is 5.93. The van der Waals surface area contributed by atoms with Gasteiger partial charge in [-0.2, -0.15) is 0 Å². The molecule has 0 aliphatic carbocycles. The summed E-state index contributed by atoms with van der Waals surface area (Å²) < 4.78 is 2.21. The Hall–Kier alpha value is -2.50. The fourth-order valence-electron chi connectivity index (χ4n) is 4.25. The van der Waals surface area contributed by atoms with E-state index in [4.69, 9.17) is 4.98 Å². The fourth-order valence-corrected chi connectivity index (χ4v) is 4.25. The molecule has 1 fully saturated rings. The number of carbonyl (C=O) groups excluding carboxylic acids is 1. The molecule has 0 saturated carbocycles. The number of rotatable bonds is 3. The number of urea groups is 1. The average molecular weight is 367 g/mol. The molecule has 2 aliphatic rings. The normalized spacial score (nSPS) is 16.7. The Morgan fingerprint density at radius 2 is 1.89 bits per heavy atom. The second-order valence-corrected chi connectivity index (χ2v) is 7.89. The number of amides is 2. The minimum absolute atomic E-state index is 0.0379. The Balaban J connectivity index is 1.50. The van der Waals surface area contributed by atoms with Crippen molar-refractivity contribution in [2.24, 2.45) is 7.05 Å². The van der Waals surface area contributed by atoms with Gasteiger partial charge in [0, 0.05) is 44.7 Å². The van der Waals surface area contributed by atoms with Crippen LogP contribution >= 0.6 is 0 Å². The number of nitrogens with one attached hydrogen (secondary N) is 1. The molecular weight excluding hydrogens is 338 g/mol. The van der Waals surface area contributed by atoms with Crippen LogP contribution in [0.1, 0.15) is 49.8 Å². The first kappa shape index (κ1) is 17.9. The number of imidazole rings is 1. The molecule has 1 N–H and O–H groups in total. The molecule has 144 valence electrons. The van der Waals surface area contributed by atoms with E-state index in [2.05, 4.69) is 41.7 Å². The predicted molar refractivity (Wildman–Crippen MR) is 108 cm³/mol. The van der Waals surface area contributed by atoms with Crippen LogP contribution in [0.25, 0.3) is 0 Å². The van der Waals surface area contributed by atoms with Gasteiger partial charge in [0.2, 0.25) is 0 Å². The smallest absolute Gasteiger partial charge is 0.322 e. The van der Waals surface area contributed by atoms with Crippen molar-refractivity contribution >= 4 is 17.4 Å². The molecular formula is C21H29N5O. The van der Waals surface area contributed by atoms with E-state index in [1.54, 1.807) is 0 Å². The van der Waals surface area contributed by atoms with Gasteiger partial charge in [0.05, 0.1) is 23.6 Å². The molecule has 2 aliphatic heterocycles. The Morgan fingerprint density at radius 3 is 2.63 bits per heavy atom. The largest absolute Gasteiger partial charge is 0.370 e. The van der Waals surface area contributed by atoms with E-state index in [0.717, 1.165) is 48.9 Å². The maximum Gasteiger partial charge on any atom is 0.322 e. The van der Waals surface area contributed by atoms with E-state index in [-0.39, 0.29) is 6.03 Å². The molecule has 0 bridgehead atoms. The molecule has 1 saturated heterocycles. The van der Waals surface area contributed by atoms with Crippen LogP contribution in [-0.4, -0.2) is 40.1 Å². The predicted octanol–water partition coefficient (Wildman–Crippen LogP) is 3.73. The zero-order chi connectivity index (χ0) is 19.0. The van der Waals surface area contributed by atoms with Crippen molar-refractivity contribution in [2.45, 2.75) is 45.6 Å². The third kappa shape index (κ3) is 3.40. The van der Waals surface area contributed by atoms with E-state index in [0.29, 0.717) is 12.5 Å². The van der Waals surface area contributed by atoms with Crippen LogP contribution in [-0.2, 0) is 20.0 Å². The Bertz CT molecular complexity index is 835. The first-order valence-corrected chi connectivity index (χ1v) is 9.99. The van der Waals surface area contributed by atoms with Crippen molar-refractivity contribution in [3.05, 3.63) is 41.5 Å². The van der Waals surface area contributed by atoms with Crippen LogP contribution in [0.4, 0.5) is 16.2 Å². The second kappa shape index (κ2) is 7.25. The number of carbonyl (C=O) groups is 1. The molecule has 0 radical (unpaired) electrons. The van der Waals surface area contributed by atoms with E-state index >= 15 is 0 Å². The van der Waals surface area contributed by atoms with Gasteiger partial charge in [-0.1, -0.05) is 26.0 Å². The lowest BCUT2D eigenvalue weighted by Gasteiger charge is -2.28. The number of fused-ring (bicyclic) bond motifs is 1. The van der Waals surface area contributed by atoms with Gasteiger partial charge in [0.15, 0.2) is 0 Å². The summed E-state index contributed by atoms with van der Waals surface area (Å²) >= 11 is 0. The summed E-state index contributed by atoms with van der Waals surface area (Å²) in [6, 6.07) is 8.08. The molecule has 0 atom stereocenters. The minimum atomic E-state index is -0.0379. The standard InChI is InChI=1S/C21H29N5O/c1-15(2)20-22-17-14-26(13-10-18(17)24(20)3)21(27)23-16-8-4-5-9-19(16)25-11-6-7-12-25/h4-5,8-9,15H,6-7,10-14H2,1-3H3,(H,23,27). The quantitative estimate of drug-likeness (QED) is 0.899. The maximum atomic E-state index is 12.9. The maximum absolute atomic E-state index is 12.9. The van der Waals surface area contributed by atoms with Crippen molar-refractivity contribution in [3.63, 3.8) is 0 Å².